The molecular formula is C13H16FN. The predicted molar refractivity (Wildman–Crippen MR) is 60.1 cm³/mol. The molecule has 1 nitrogen and oxygen atoms in total. The molecule has 1 saturated heterocycles. The molecular weight excluding hydrogens is 189 g/mol. The van der Waals surface area contributed by atoms with Crippen molar-refractivity contribution in [3.8, 4) is 0 Å². The van der Waals surface area contributed by atoms with E-state index in [0.29, 0.717) is 0 Å². The Hall–Kier alpha value is -1.15. The highest BCUT2D eigenvalue weighted by Gasteiger charge is 2.20. The van der Waals surface area contributed by atoms with E-state index < -0.39 is 0 Å². The summed E-state index contributed by atoms with van der Waals surface area (Å²) in [6, 6.07) is 6.98. The summed E-state index contributed by atoms with van der Waals surface area (Å²) in [5, 5.41) is 0. The summed E-state index contributed by atoms with van der Waals surface area (Å²) >= 11 is 0. The molecule has 0 aliphatic carbocycles. The van der Waals surface area contributed by atoms with Gasteiger partial charge in [-0.1, -0.05) is 18.2 Å². The molecule has 1 fully saturated rings. The molecule has 1 aromatic carbocycles. The summed E-state index contributed by atoms with van der Waals surface area (Å²) in [6.07, 6.45) is 4.37. The molecule has 80 valence electrons. The number of nitrogens with zero attached hydrogens (tertiary/aromatic N) is 1. The van der Waals surface area contributed by atoms with Gasteiger partial charge in [-0.3, -0.25) is 4.90 Å². The van der Waals surface area contributed by atoms with Gasteiger partial charge in [-0.05, 0) is 43.6 Å². The van der Waals surface area contributed by atoms with E-state index in [1.54, 1.807) is 12.1 Å². The molecule has 0 spiro atoms. The summed E-state index contributed by atoms with van der Waals surface area (Å²) in [5.41, 5.74) is 1.01. The summed E-state index contributed by atoms with van der Waals surface area (Å²) in [7, 11) is 0. The summed E-state index contributed by atoms with van der Waals surface area (Å²) < 4.78 is 13.1. The maximum atomic E-state index is 13.1. The Labute approximate surface area is 90.2 Å². The molecule has 0 unspecified atom stereocenters. The van der Waals surface area contributed by atoms with Crippen LogP contribution < -0.4 is 0 Å². The van der Waals surface area contributed by atoms with Gasteiger partial charge in [0.1, 0.15) is 5.82 Å². The van der Waals surface area contributed by atoms with Crippen LogP contribution in [-0.2, 0) is 0 Å². The molecule has 1 aromatic rings. The second-order valence-electron chi connectivity index (χ2n) is 3.98. The van der Waals surface area contributed by atoms with E-state index in [9.17, 15) is 4.39 Å². The number of hydrogen-bond donors (Lipinski definition) is 0. The third kappa shape index (κ3) is 2.26. The third-order valence-electron chi connectivity index (χ3n) is 2.95. The first-order valence-corrected chi connectivity index (χ1v) is 5.43. The third-order valence-corrected chi connectivity index (χ3v) is 2.95. The van der Waals surface area contributed by atoms with E-state index in [0.717, 1.165) is 18.7 Å². The van der Waals surface area contributed by atoms with E-state index in [1.165, 1.54) is 18.9 Å². The van der Waals surface area contributed by atoms with Crippen LogP contribution in [0, 0.1) is 5.82 Å². The predicted octanol–water partition coefficient (Wildman–Crippen LogP) is 3.15. The van der Waals surface area contributed by atoms with Gasteiger partial charge >= 0.3 is 0 Å². The lowest BCUT2D eigenvalue weighted by atomic mass is 10.1. The van der Waals surface area contributed by atoms with Gasteiger partial charge in [-0.25, -0.2) is 4.39 Å². The fourth-order valence-corrected chi connectivity index (χ4v) is 2.21. The Balaban J connectivity index is 2.21. The molecule has 1 heterocycles. The van der Waals surface area contributed by atoms with Crippen molar-refractivity contribution in [2.24, 2.45) is 0 Å². The van der Waals surface area contributed by atoms with Crippen LogP contribution in [0.3, 0.4) is 0 Å². The standard InChI is InChI=1S/C13H16FN/c1-2-13(15-8-3-4-9-15)11-6-5-7-12(14)10-11/h2,5-7,10,13H,1,3-4,8-9H2/t13-/m0/s1. The Bertz CT molecular complexity index is 342. The largest absolute Gasteiger partial charge is 0.293 e. The zero-order valence-corrected chi connectivity index (χ0v) is 8.82. The number of hydrogen-bond acceptors (Lipinski definition) is 1. The van der Waals surface area contributed by atoms with Crippen molar-refractivity contribution in [2.75, 3.05) is 13.1 Å². The Morgan fingerprint density at radius 3 is 2.67 bits per heavy atom. The molecule has 1 aliphatic rings. The molecule has 0 saturated carbocycles. The lowest BCUT2D eigenvalue weighted by molar-refractivity contribution is 0.288. The summed E-state index contributed by atoms with van der Waals surface area (Å²) in [5.74, 6) is -0.168. The maximum absolute atomic E-state index is 13.1. The normalized spacial score (nSPS) is 19.0. The van der Waals surface area contributed by atoms with Crippen LogP contribution in [0.2, 0.25) is 0 Å². The maximum Gasteiger partial charge on any atom is 0.123 e. The molecule has 1 aliphatic heterocycles. The highest BCUT2D eigenvalue weighted by atomic mass is 19.1. The van der Waals surface area contributed by atoms with Gasteiger partial charge in [0, 0.05) is 0 Å². The molecule has 0 N–H and O–H groups in total. The molecule has 0 bridgehead atoms. The average molecular weight is 205 g/mol. The van der Waals surface area contributed by atoms with Gasteiger partial charge in [0.05, 0.1) is 6.04 Å². The van der Waals surface area contributed by atoms with Crippen LogP contribution in [0.15, 0.2) is 36.9 Å². The highest BCUT2D eigenvalue weighted by Crippen LogP contribution is 2.26. The Morgan fingerprint density at radius 1 is 1.33 bits per heavy atom. The van der Waals surface area contributed by atoms with Crippen LogP contribution in [0.5, 0.6) is 0 Å². The van der Waals surface area contributed by atoms with Crippen LogP contribution in [0.25, 0.3) is 0 Å². The lowest BCUT2D eigenvalue weighted by Gasteiger charge is -2.24. The SMILES string of the molecule is C=C[C@@H](c1cccc(F)c1)N1CCCC1. The van der Waals surface area contributed by atoms with Crippen molar-refractivity contribution >= 4 is 0 Å². The molecule has 0 amide bonds. The summed E-state index contributed by atoms with van der Waals surface area (Å²) in [6.45, 7) is 6.03. The van der Waals surface area contributed by atoms with Crippen molar-refractivity contribution in [3.63, 3.8) is 0 Å². The smallest absolute Gasteiger partial charge is 0.123 e. The van der Waals surface area contributed by atoms with E-state index in [-0.39, 0.29) is 11.9 Å². The minimum Gasteiger partial charge on any atom is -0.293 e. The second-order valence-corrected chi connectivity index (χ2v) is 3.98. The molecule has 1 atom stereocenters. The minimum absolute atomic E-state index is 0.168. The molecule has 2 heteroatoms. The van der Waals surface area contributed by atoms with Gasteiger partial charge in [0.25, 0.3) is 0 Å². The van der Waals surface area contributed by atoms with Crippen molar-refractivity contribution in [1.29, 1.82) is 0 Å². The Kier molecular flexibility index (Phi) is 3.17. The van der Waals surface area contributed by atoms with E-state index >= 15 is 0 Å². The van der Waals surface area contributed by atoms with Crippen LogP contribution >= 0.6 is 0 Å². The van der Waals surface area contributed by atoms with Gasteiger partial charge in [0.2, 0.25) is 0 Å². The second kappa shape index (κ2) is 4.58. The lowest BCUT2D eigenvalue weighted by Crippen LogP contribution is -2.23. The van der Waals surface area contributed by atoms with Crippen molar-refractivity contribution < 1.29 is 4.39 Å². The molecule has 2 rings (SSSR count). The molecule has 0 aromatic heterocycles. The minimum atomic E-state index is -0.168. The highest BCUT2D eigenvalue weighted by molar-refractivity contribution is 5.23. The topological polar surface area (TPSA) is 3.24 Å². The number of halogens is 1. The van der Waals surface area contributed by atoms with Crippen molar-refractivity contribution in [2.45, 2.75) is 18.9 Å². The van der Waals surface area contributed by atoms with E-state index in [2.05, 4.69) is 11.5 Å². The van der Waals surface area contributed by atoms with Crippen LogP contribution in [-0.4, -0.2) is 18.0 Å². The number of rotatable bonds is 3. The van der Waals surface area contributed by atoms with Gasteiger partial charge in [0.15, 0.2) is 0 Å². The van der Waals surface area contributed by atoms with Crippen molar-refractivity contribution in [1.82, 2.24) is 4.90 Å². The Morgan fingerprint density at radius 2 is 2.07 bits per heavy atom. The first-order chi connectivity index (χ1) is 7.31. The number of likely N-dealkylation sites (tertiary alicyclic amines) is 1. The molecule has 0 radical (unpaired) electrons. The monoisotopic (exact) mass is 205 g/mol. The molecule has 15 heavy (non-hydrogen) atoms. The zero-order valence-electron chi connectivity index (χ0n) is 8.82. The van der Waals surface area contributed by atoms with Crippen LogP contribution in [0.4, 0.5) is 4.39 Å². The average Bonchev–Trinajstić information content (AvgIpc) is 2.72. The fraction of sp³-hybridized carbons (Fsp3) is 0.385. The van der Waals surface area contributed by atoms with Gasteiger partial charge in [-0.15, -0.1) is 6.58 Å². The fourth-order valence-electron chi connectivity index (χ4n) is 2.21. The van der Waals surface area contributed by atoms with Crippen LogP contribution in [0.1, 0.15) is 24.4 Å². The zero-order chi connectivity index (χ0) is 10.7. The van der Waals surface area contributed by atoms with Crippen molar-refractivity contribution in [3.05, 3.63) is 48.3 Å². The first-order valence-electron chi connectivity index (χ1n) is 5.43. The van der Waals surface area contributed by atoms with Gasteiger partial charge in [-0.2, -0.15) is 0 Å². The van der Waals surface area contributed by atoms with E-state index in [1.807, 2.05) is 12.1 Å². The number of benzene rings is 1. The summed E-state index contributed by atoms with van der Waals surface area (Å²) in [4.78, 5) is 2.35. The quantitative estimate of drug-likeness (QED) is 0.685. The van der Waals surface area contributed by atoms with E-state index in [4.69, 9.17) is 0 Å². The van der Waals surface area contributed by atoms with Gasteiger partial charge < -0.3 is 0 Å². The first kappa shape index (κ1) is 10.4.